The number of piperazine rings is 1. The minimum absolute atomic E-state index is 0.0594. The van der Waals surface area contributed by atoms with E-state index in [-0.39, 0.29) is 11.9 Å². The summed E-state index contributed by atoms with van der Waals surface area (Å²) in [7, 11) is 0. The number of aryl methyl sites for hydroxylation is 1. The lowest BCUT2D eigenvalue weighted by Gasteiger charge is -2.39. The topological polar surface area (TPSA) is 61.8 Å². The Balaban J connectivity index is 1.52. The molecule has 8 heteroatoms. The number of nitrogens with zero attached hydrogens (tertiary/aromatic N) is 5. The van der Waals surface area contributed by atoms with Crippen LogP contribution in [0.2, 0.25) is 0 Å². The first-order valence-electron chi connectivity index (χ1n) is 8.37. The number of hydrogen-bond acceptors (Lipinski definition) is 7. The standard InChI is InChI=1S/C15H25N5O2S/c1-3-13-16-15(23-17-13)20-6-4-18(5-7-20)12(2)14(21)19-8-10-22-11-9-19/h12H,3-11H2,1-2H3. The molecule has 0 spiro atoms. The van der Waals surface area contributed by atoms with Gasteiger partial charge < -0.3 is 14.5 Å². The average Bonchev–Trinajstić information content (AvgIpc) is 3.10. The third-order valence-electron chi connectivity index (χ3n) is 4.59. The third-order valence-corrected chi connectivity index (χ3v) is 5.40. The molecule has 128 valence electrons. The lowest BCUT2D eigenvalue weighted by Crippen LogP contribution is -2.56. The number of rotatable bonds is 4. The summed E-state index contributed by atoms with van der Waals surface area (Å²) in [5, 5.41) is 1.01. The Morgan fingerprint density at radius 2 is 1.91 bits per heavy atom. The zero-order valence-electron chi connectivity index (χ0n) is 13.9. The summed E-state index contributed by atoms with van der Waals surface area (Å²) < 4.78 is 9.68. The summed E-state index contributed by atoms with van der Waals surface area (Å²) in [5.74, 6) is 1.15. The van der Waals surface area contributed by atoms with E-state index < -0.39 is 0 Å². The van der Waals surface area contributed by atoms with Crippen LogP contribution >= 0.6 is 11.5 Å². The highest BCUT2D eigenvalue weighted by molar-refractivity contribution is 7.09. The lowest BCUT2D eigenvalue weighted by atomic mass is 10.2. The normalized spacial score (nSPS) is 21.5. The smallest absolute Gasteiger partial charge is 0.239 e. The van der Waals surface area contributed by atoms with Crippen LogP contribution in [0.3, 0.4) is 0 Å². The summed E-state index contributed by atoms with van der Waals surface area (Å²) in [5.41, 5.74) is 0. The fraction of sp³-hybridized carbons (Fsp3) is 0.800. The molecule has 0 bridgehead atoms. The molecular weight excluding hydrogens is 314 g/mol. The van der Waals surface area contributed by atoms with Gasteiger partial charge in [-0.15, -0.1) is 0 Å². The fourth-order valence-electron chi connectivity index (χ4n) is 3.02. The van der Waals surface area contributed by atoms with Crippen molar-refractivity contribution >= 4 is 22.6 Å². The van der Waals surface area contributed by atoms with E-state index in [0.29, 0.717) is 26.3 Å². The number of hydrogen-bond donors (Lipinski definition) is 0. The minimum Gasteiger partial charge on any atom is -0.378 e. The van der Waals surface area contributed by atoms with Gasteiger partial charge >= 0.3 is 0 Å². The molecule has 1 aromatic heterocycles. The quantitative estimate of drug-likeness (QED) is 0.795. The number of carbonyl (C=O) groups excluding carboxylic acids is 1. The molecule has 2 aliphatic heterocycles. The fourth-order valence-corrected chi connectivity index (χ4v) is 3.82. The molecule has 3 heterocycles. The molecule has 1 amide bonds. The van der Waals surface area contributed by atoms with E-state index >= 15 is 0 Å². The van der Waals surface area contributed by atoms with Gasteiger partial charge in [-0.1, -0.05) is 6.92 Å². The van der Waals surface area contributed by atoms with Gasteiger partial charge in [-0.3, -0.25) is 9.69 Å². The highest BCUT2D eigenvalue weighted by atomic mass is 32.1. The molecule has 0 radical (unpaired) electrons. The van der Waals surface area contributed by atoms with E-state index in [1.165, 1.54) is 11.5 Å². The first-order chi connectivity index (χ1) is 11.2. The Kier molecular flexibility index (Phi) is 5.45. The van der Waals surface area contributed by atoms with Gasteiger partial charge in [0.25, 0.3) is 0 Å². The Bertz CT molecular complexity index is 524. The zero-order chi connectivity index (χ0) is 16.2. The predicted molar refractivity (Wildman–Crippen MR) is 89.9 cm³/mol. The van der Waals surface area contributed by atoms with Crippen LogP contribution in [0.15, 0.2) is 0 Å². The SMILES string of the molecule is CCc1nsc(N2CCN(C(C)C(=O)N3CCOCC3)CC2)n1. The van der Waals surface area contributed by atoms with E-state index in [0.717, 1.165) is 43.6 Å². The highest BCUT2D eigenvalue weighted by Gasteiger charge is 2.30. The van der Waals surface area contributed by atoms with Crippen molar-refractivity contribution in [2.45, 2.75) is 26.3 Å². The second kappa shape index (κ2) is 7.55. The van der Waals surface area contributed by atoms with Gasteiger partial charge in [0.15, 0.2) is 0 Å². The molecule has 3 rings (SSSR count). The second-order valence-electron chi connectivity index (χ2n) is 5.98. The van der Waals surface area contributed by atoms with Crippen LogP contribution in [0, 0.1) is 0 Å². The van der Waals surface area contributed by atoms with Gasteiger partial charge in [0.05, 0.1) is 19.3 Å². The van der Waals surface area contributed by atoms with Crippen LogP contribution in [0.1, 0.15) is 19.7 Å². The molecule has 2 fully saturated rings. The largest absolute Gasteiger partial charge is 0.378 e. The van der Waals surface area contributed by atoms with Crippen LogP contribution in [0.4, 0.5) is 5.13 Å². The van der Waals surface area contributed by atoms with Crippen LogP contribution in [0.25, 0.3) is 0 Å². The lowest BCUT2D eigenvalue weighted by molar-refractivity contribution is -0.140. The number of morpholine rings is 1. The van der Waals surface area contributed by atoms with E-state index in [4.69, 9.17) is 4.74 Å². The van der Waals surface area contributed by atoms with E-state index in [1.54, 1.807) is 0 Å². The Morgan fingerprint density at radius 3 is 2.52 bits per heavy atom. The second-order valence-corrected chi connectivity index (χ2v) is 6.71. The average molecular weight is 339 g/mol. The molecule has 1 aromatic rings. The molecule has 0 N–H and O–H groups in total. The number of carbonyl (C=O) groups is 1. The Morgan fingerprint density at radius 1 is 1.22 bits per heavy atom. The van der Waals surface area contributed by atoms with Crippen molar-refractivity contribution < 1.29 is 9.53 Å². The predicted octanol–water partition coefficient (Wildman–Crippen LogP) is 0.470. The molecule has 2 aliphatic rings. The number of anilines is 1. The van der Waals surface area contributed by atoms with Crippen molar-refractivity contribution in [1.82, 2.24) is 19.2 Å². The van der Waals surface area contributed by atoms with Crippen LogP contribution in [0.5, 0.6) is 0 Å². The summed E-state index contributed by atoms with van der Waals surface area (Å²) in [4.78, 5) is 23.6. The zero-order valence-corrected chi connectivity index (χ0v) is 14.7. The monoisotopic (exact) mass is 339 g/mol. The van der Waals surface area contributed by atoms with Crippen molar-refractivity contribution in [2.24, 2.45) is 0 Å². The minimum atomic E-state index is -0.0594. The van der Waals surface area contributed by atoms with Gasteiger partial charge in [-0.2, -0.15) is 4.37 Å². The van der Waals surface area contributed by atoms with Crippen molar-refractivity contribution in [1.29, 1.82) is 0 Å². The molecule has 7 nitrogen and oxygen atoms in total. The van der Waals surface area contributed by atoms with Gasteiger partial charge in [0, 0.05) is 57.2 Å². The van der Waals surface area contributed by atoms with E-state index in [1.807, 2.05) is 11.8 Å². The first-order valence-corrected chi connectivity index (χ1v) is 9.14. The van der Waals surface area contributed by atoms with Gasteiger partial charge in [0.1, 0.15) is 5.82 Å². The van der Waals surface area contributed by atoms with Crippen molar-refractivity contribution in [2.75, 3.05) is 57.4 Å². The molecular formula is C15H25N5O2S. The third kappa shape index (κ3) is 3.81. The van der Waals surface area contributed by atoms with Gasteiger partial charge in [-0.05, 0) is 6.92 Å². The van der Waals surface area contributed by atoms with Gasteiger partial charge in [-0.25, -0.2) is 4.98 Å². The van der Waals surface area contributed by atoms with Crippen molar-refractivity contribution in [3.63, 3.8) is 0 Å². The maximum absolute atomic E-state index is 12.6. The molecule has 23 heavy (non-hydrogen) atoms. The highest BCUT2D eigenvalue weighted by Crippen LogP contribution is 2.20. The number of aromatic nitrogens is 2. The summed E-state index contributed by atoms with van der Waals surface area (Å²) in [6.45, 7) is 10.4. The van der Waals surface area contributed by atoms with Crippen LogP contribution in [-0.2, 0) is 16.0 Å². The van der Waals surface area contributed by atoms with Crippen LogP contribution in [-0.4, -0.2) is 83.6 Å². The molecule has 1 atom stereocenters. The molecule has 0 aromatic carbocycles. The molecule has 0 aliphatic carbocycles. The van der Waals surface area contributed by atoms with E-state index in [2.05, 4.69) is 26.1 Å². The molecule has 0 saturated carbocycles. The summed E-state index contributed by atoms with van der Waals surface area (Å²) >= 11 is 1.48. The maximum Gasteiger partial charge on any atom is 0.239 e. The summed E-state index contributed by atoms with van der Waals surface area (Å²) in [6, 6.07) is -0.0594. The van der Waals surface area contributed by atoms with Crippen LogP contribution < -0.4 is 4.90 Å². The van der Waals surface area contributed by atoms with E-state index in [9.17, 15) is 4.79 Å². The first kappa shape index (κ1) is 16.6. The maximum atomic E-state index is 12.6. The Hall–Kier alpha value is -1.25. The number of amides is 1. The van der Waals surface area contributed by atoms with Crippen molar-refractivity contribution in [3.8, 4) is 0 Å². The van der Waals surface area contributed by atoms with Gasteiger partial charge in [0.2, 0.25) is 11.0 Å². The summed E-state index contributed by atoms with van der Waals surface area (Å²) in [6.07, 6.45) is 0.877. The molecule has 2 saturated heterocycles. The number of ether oxygens (including phenoxy) is 1. The van der Waals surface area contributed by atoms with Crippen molar-refractivity contribution in [3.05, 3.63) is 5.82 Å². The molecule has 1 unspecified atom stereocenters. The Labute approximate surface area is 141 Å².